The van der Waals surface area contributed by atoms with Crippen LogP contribution in [0.25, 0.3) is 0 Å². The number of nitrogens with zero attached hydrogens (tertiary/aromatic N) is 1. The molecule has 0 aliphatic heterocycles. The van der Waals surface area contributed by atoms with Gasteiger partial charge in [0.05, 0.1) is 6.61 Å². The van der Waals surface area contributed by atoms with E-state index in [1.54, 1.807) is 0 Å². The van der Waals surface area contributed by atoms with Crippen LogP contribution in [0, 0.1) is 0 Å². The van der Waals surface area contributed by atoms with Crippen molar-refractivity contribution < 1.29 is 15.0 Å². The molecule has 0 spiro atoms. The van der Waals surface area contributed by atoms with Gasteiger partial charge in [-0.3, -0.25) is 4.79 Å². The van der Waals surface area contributed by atoms with Crippen molar-refractivity contribution in [3.63, 3.8) is 0 Å². The molecule has 4 heteroatoms. The van der Waals surface area contributed by atoms with Crippen LogP contribution in [0.5, 0.6) is 0 Å². The summed E-state index contributed by atoms with van der Waals surface area (Å²) < 4.78 is 0. The molecule has 0 aliphatic rings. The molecule has 0 saturated carbocycles. The highest BCUT2D eigenvalue weighted by Gasteiger charge is 2.09. The molecule has 0 bridgehead atoms. The van der Waals surface area contributed by atoms with Gasteiger partial charge in [0.2, 0.25) is 0 Å². The fraction of sp³-hybridized carbons (Fsp3) is 0.875. The van der Waals surface area contributed by atoms with Crippen molar-refractivity contribution in [2.24, 2.45) is 0 Å². The third-order valence-electron chi connectivity index (χ3n) is 1.98. The molecular weight excluding hydrogens is 158 g/mol. The molecule has 0 heterocycles. The van der Waals surface area contributed by atoms with Gasteiger partial charge in [0.15, 0.2) is 0 Å². The summed E-state index contributed by atoms with van der Waals surface area (Å²) >= 11 is 0. The summed E-state index contributed by atoms with van der Waals surface area (Å²) in [7, 11) is 1.88. The SMILES string of the molecule is CC(CCC(=O)O)N(C)CCO. The first-order valence-corrected chi connectivity index (χ1v) is 4.10. The Bertz CT molecular complexity index is 138. The van der Waals surface area contributed by atoms with Gasteiger partial charge in [-0.2, -0.15) is 0 Å². The highest BCUT2D eigenvalue weighted by atomic mass is 16.4. The average molecular weight is 175 g/mol. The molecule has 4 nitrogen and oxygen atoms in total. The summed E-state index contributed by atoms with van der Waals surface area (Å²) in [4.78, 5) is 12.2. The van der Waals surface area contributed by atoms with Crippen LogP contribution in [-0.4, -0.2) is 47.3 Å². The Hall–Kier alpha value is -0.610. The van der Waals surface area contributed by atoms with E-state index in [9.17, 15) is 4.79 Å². The van der Waals surface area contributed by atoms with Crippen molar-refractivity contribution in [1.82, 2.24) is 4.90 Å². The minimum atomic E-state index is -0.765. The molecule has 2 N–H and O–H groups in total. The number of aliphatic hydroxyl groups is 1. The predicted molar refractivity (Wildman–Crippen MR) is 46.0 cm³/mol. The second-order valence-corrected chi connectivity index (χ2v) is 2.99. The van der Waals surface area contributed by atoms with Gasteiger partial charge in [0.1, 0.15) is 0 Å². The summed E-state index contributed by atoms with van der Waals surface area (Å²) in [5, 5.41) is 17.0. The van der Waals surface area contributed by atoms with E-state index in [1.807, 2.05) is 18.9 Å². The lowest BCUT2D eigenvalue weighted by Gasteiger charge is -2.22. The second-order valence-electron chi connectivity index (χ2n) is 2.99. The number of carboxylic acid groups (broad SMARTS) is 1. The molecule has 12 heavy (non-hydrogen) atoms. The van der Waals surface area contributed by atoms with Crippen LogP contribution in [0.3, 0.4) is 0 Å². The summed E-state index contributed by atoms with van der Waals surface area (Å²) in [6.45, 7) is 2.67. The first kappa shape index (κ1) is 11.4. The number of carboxylic acids is 1. The fourth-order valence-corrected chi connectivity index (χ4v) is 0.931. The zero-order chi connectivity index (χ0) is 9.56. The summed E-state index contributed by atoms with van der Waals surface area (Å²) in [5.74, 6) is -0.765. The van der Waals surface area contributed by atoms with Gasteiger partial charge in [0, 0.05) is 19.0 Å². The quantitative estimate of drug-likeness (QED) is 0.604. The Morgan fingerprint density at radius 2 is 2.17 bits per heavy atom. The van der Waals surface area contributed by atoms with E-state index in [4.69, 9.17) is 10.2 Å². The lowest BCUT2D eigenvalue weighted by atomic mass is 10.1. The standard InChI is InChI=1S/C8H17NO3/c1-7(3-4-8(11)12)9(2)5-6-10/h7,10H,3-6H2,1-2H3,(H,11,12). The molecule has 1 atom stereocenters. The van der Waals surface area contributed by atoms with Gasteiger partial charge >= 0.3 is 5.97 Å². The van der Waals surface area contributed by atoms with E-state index in [1.165, 1.54) is 0 Å². The number of likely N-dealkylation sites (N-methyl/N-ethyl adjacent to an activating group) is 1. The second kappa shape index (κ2) is 5.97. The fourth-order valence-electron chi connectivity index (χ4n) is 0.931. The normalized spacial score (nSPS) is 13.3. The number of aliphatic carboxylic acids is 1. The van der Waals surface area contributed by atoms with Crippen molar-refractivity contribution in [2.75, 3.05) is 20.2 Å². The van der Waals surface area contributed by atoms with Gasteiger partial charge in [-0.1, -0.05) is 0 Å². The number of hydrogen-bond acceptors (Lipinski definition) is 3. The smallest absolute Gasteiger partial charge is 0.303 e. The molecule has 0 rings (SSSR count). The molecule has 0 saturated heterocycles. The highest BCUT2D eigenvalue weighted by molar-refractivity contribution is 5.66. The number of carbonyl (C=O) groups is 1. The van der Waals surface area contributed by atoms with Crippen LogP contribution in [-0.2, 0) is 4.79 Å². The van der Waals surface area contributed by atoms with E-state index in [-0.39, 0.29) is 19.1 Å². The summed E-state index contributed by atoms with van der Waals surface area (Å²) in [6, 6.07) is 0.216. The molecule has 0 aromatic carbocycles. The first-order valence-electron chi connectivity index (χ1n) is 4.10. The van der Waals surface area contributed by atoms with Crippen LogP contribution >= 0.6 is 0 Å². The van der Waals surface area contributed by atoms with E-state index in [2.05, 4.69) is 0 Å². The van der Waals surface area contributed by atoms with Gasteiger partial charge in [0.25, 0.3) is 0 Å². The zero-order valence-corrected chi connectivity index (χ0v) is 7.66. The molecule has 0 aromatic heterocycles. The van der Waals surface area contributed by atoms with Crippen molar-refractivity contribution >= 4 is 5.97 Å². The van der Waals surface area contributed by atoms with Crippen molar-refractivity contribution in [3.05, 3.63) is 0 Å². The highest BCUT2D eigenvalue weighted by Crippen LogP contribution is 2.03. The Morgan fingerprint density at radius 1 is 1.58 bits per heavy atom. The van der Waals surface area contributed by atoms with Crippen LogP contribution in [0.15, 0.2) is 0 Å². The van der Waals surface area contributed by atoms with Crippen LogP contribution < -0.4 is 0 Å². The Labute approximate surface area is 72.8 Å². The van der Waals surface area contributed by atoms with Crippen molar-refractivity contribution in [1.29, 1.82) is 0 Å². The molecule has 1 unspecified atom stereocenters. The zero-order valence-electron chi connectivity index (χ0n) is 7.66. The summed E-state index contributed by atoms with van der Waals surface area (Å²) in [5.41, 5.74) is 0. The van der Waals surface area contributed by atoms with Crippen molar-refractivity contribution in [3.8, 4) is 0 Å². The van der Waals surface area contributed by atoms with Gasteiger partial charge in [-0.25, -0.2) is 0 Å². The lowest BCUT2D eigenvalue weighted by Crippen LogP contribution is -2.31. The van der Waals surface area contributed by atoms with Crippen LogP contribution in [0.1, 0.15) is 19.8 Å². The minimum Gasteiger partial charge on any atom is -0.481 e. The van der Waals surface area contributed by atoms with Crippen LogP contribution in [0.4, 0.5) is 0 Å². The largest absolute Gasteiger partial charge is 0.481 e. The third kappa shape index (κ3) is 5.09. The molecule has 0 aliphatic carbocycles. The van der Waals surface area contributed by atoms with Gasteiger partial charge < -0.3 is 15.1 Å². The third-order valence-corrected chi connectivity index (χ3v) is 1.98. The molecule has 72 valence electrons. The maximum absolute atomic E-state index is 10.2. The molecule has 0 radical (unpaired) electrons. The molecule has 0 aromatic rings. The first-order chi connectivity index (χ1) is 5.57. The van der Waals surface area contributed by atoms with Gasteiger partial charge in [-0.05, 0) is 20.4 Å². The van der Waals surface area contributed by atoms with Crippen molar-refractivity contribution in [2.45, 2.75) is 25.8 Å². The maximum atomic E-state index is 10.2. The van der Waals surface area contributed by atoms with Gasteiger partial charge in [-0.15, -0.1) is 0 Å². The summed E-state index contributed by atoms with van der Waals surface area (Å²) in [6.07, 6.45) is 0.822. The Morgan fingerprint density at radius 3 is 2.58 bits per heavy atom. The Kier molecular flexibility index (Phi) is 5.66. The topological polar surface area (TPSA) is 60.8 Å². The molecule has 0 amide bonds. The number of rotatable bonds is 6. The number of hydrogen-bond donors (Lipinski definition) is 2. The monoisotopic (exact) mass is 175 g/mol. The predicted octanol–water partition coefficient (Wildman–Crippen LogP) is 0.164. The average Bonchev–Trinajstić information content (AvgIpc) is 2.00. The maximum Gasteiger partial charge on any atom is 0.303 e. The number of aliphatic hydroxyl groups excluding tert-OH is 1. The minimum absolute atomic E-state index is 0.119. The molecular formula is C8H17NO3. The van der Waals surface area contributed by atoms with E-state index < -0.39 is 5.97 Å². The van der Waals surface area contributed by atoms with Crippen LogP contribution in [0.2, 0.25) is 0 Å². The Balaban J connectivity index is 3.55. The van der Waals surface area contributed by atoms with E-state index in [0.717, 1.165) is 0 Å². The molecule has 0 fully saturated rings. The lowest BCUT2D eigenvalue weighted by molar-refractivity contribution is -0.137. The van der Waals surface area contributed by atoms with E-state index >= 15 is 0 Å². The van der Waals surface area contributed by atoms with E-state index in [0.29, 0.717) is 13.0 Å².